The Hall–Kier alpha value is -2.66. The summed E-state index contributed by atoms with van der Waals surface area (Å²) in [4.78, 5) is 25.9. The molecule has 3 aromatic carbocycles. The Labute approximate surface area is 145 Å². The Morgan fingerprint density at radius 1 is 0.917 bits per heavy atom. The first kappa shape index (κ1) is 14.9. The molecular weight excluding hydrogens is 372 g/mol. The predicted molar refractivity (Wildman–Crippen MR) is 93.2 cm³/mol. The normalized spacial score (nSPS) is 12.9. The molecule has 0 spiro atoms. The number of benzene rings is 3. The van der Waals surface area contributed by atoms with Gasteiger partial charge in [0.05, 0.1) is 12.7 Å². The number of rotatable bonds is 1. The number of carbonyl (C=O) groups is 2. The second-order valence-electron chi connectivity index (χ2n) is 5.53. The first-order chi connectivity index (χ1) is 11.5. The van der Waals surface area contributed by atoms with Crippen molar-refractivity contribution in [1.29, 1.82) is 0 Å². The number of aromatic hydroxyl groups is 1. The minimum Gasteiger partial charge on any atom is -0.504 e. The summed E-state index contributed by atoms with van der Waals surface area (Å²) in [7, 11) is 1.42. The van der Waals surface area contributed by atoms with Crippen LogP contribution in [0.1, 0.15) is 31.8 Å². The molecule has 0 unspecified atom stereocenters. The molecule has 0 aliphatic heterocycles. The van der Waals surface area contributed by atoms with Gasteiger partial charge in [-0.3, -0.25) is 9.59 Å². The minimum absolute atomic E-state index is 0.00106. The predicted octanol–water partition coefficient (Wildman–Crippen LogP) is 4.09. The molecule has 0 aromatic heterocycles. The van der Waals surface area contributed by atoms with E-state index in [0.29, 0.717) is 21.9 Å². The van der Waals surface area contributed by atoms with Crippen LogP contribution in [-0.4, -0.2) is 23.8 Å². The third kappa shape index (κ3) is 1.85. The van der Waals surface area contributed by atoms with Gasteiger partial charge in [0.25, 0.3) is 0 Å². The summed E-state index contributed by atoms with van der Waals surface area (Å²) >= 11 is 3.39. The van der Waals surface area contributed by atoms with Crippen LogP contribution in [0.3, 0.4) is 0 Å². The zero-order valence-corrected chi connectivity index (χ0v) is 14.2. The molecule has 0 saturated carbocycles. The molecule has 4 nitrogen and oxygen atoms in total. The average Bonchev–Trinajstić information content (AvgIpc) is 2.59. The van der Waals surface area contributed by atoms with E-state index in [1.54, 1.807) is 42.5 Å². The highest BCUT2D eigenvalue weighted by Crippen LogP contribution is 2.45. The van der Waals surface area contributed by atoms with Crippen LogP contribution >= 0.6 is 15.9 Å². The first-order valence-electron chi connectivity index (χ1n) is 7.25. The van der Waals surface area contributed by atoms with E-state index in [9.17, 15) is 14.7 Å². The fourth-order valence-electron chi connectivity index (χ4n) is 3.23. The SMILES string of the molecule is COc1c(O)c2c(c3cc(Br)ccc13)C(=O)c1ccccc1C2=O. The summed E-state index contributed by atoms with van der Waals surface area (Å²) in [5.74, 6) is -0.758. The van der Waals surface area contributed by atoms with Crippen molar-refractivity contribution in [2.75, 3.05) is 7.11 Å². The van der Waals surface area contributed by atoms with Crippen LogP contribution in [0.2, 0.25) is 0 Å². The van der Waals surface area contributed by atoms with E-state index in [0.717, 1.165) is 4.47 Å². The van der Waals surface area contributed by atoms with Crippen molar-refractivity contribution >= 4 is 38.3 Å². The molecule has 1 aliphatic carbocycles. The maximum absolute atomic E-state index is 13.0. The molecule has 1 N–H and O–H groups in total. The Kier molecular flexibility index (Phi) is 3.21. The average molecular weight is 383 g/mol. The number of fused-ring (bicyclic) bond motifs is 4. The highest BCUT2D eigenvalue weighted by molar-refractivity contribution is 9.10. The number of carbonyl (C=O) groups excluding carboxylic acids is 2. The monoisotopic (exact) mass is 382 g/mol. The lowest BCUT2D eigenvalue weighted by molar-refractivity contribution is 0.0977. The zero-order valence-electron chi connectivity index (χ0n) is 12.6. The van der Waals surface area contributed by atoms with Crippen molar-refractivity contribution in [2.45, 2.75) is 0 Å². The minimum atomic E-state index is -0.377. The van der Waals surface area contributed by atoms with Gasteiger partial charge in [-0.15, -0.1) is 0 Å². The van der Waals surface area contributed by atoms with Crippen molar-refractivity contribution in [2.24, 2.45) is 0 Å². The van der Waals surface area contributed by atoms with Crippen LogP contribution in [0.15, 0.2) is 46.9 Å². The molecule has 0 radical (unpaired) electrons. The molecule has 24 heavy (non-hydrogen) atoms. The van der Waals surface area contributed by atoms with Gasteiger partial charge < -0.3 is 9.84 Å². The third-order valence-corrected chi connectivity index (χ3v) is 4.77. The van der Waals surface area contributed by atoms with Gasteiger partial charge in [0.15, 0.2) is 23.1 Å². The van der Waals surface area contributed by atoms with Gasteiger partial charge in [0.1, 0.15) is 0 Å². The molecule has 4 rings (SSSR count). The third-order valence-electron chi connectivity index (χ3n) is 4.27. The summed E-state index contributed by atoms with van der Waals surface area (Å²) in [5.41, 5.74) is 0.858. The number of phenols is 1. The Morgan fingerprint density at radius 3 is 2.17 bits per heavy atom. The number of ketones is 2. The smallest absolute Gasteiger partial charge is 0.198 e. The maximum atomic E-state index is 13.0. The quantitative estimate of drug-likeness (QED) is 0.538. The number of halogens is 1. The molecule has 118 valence electrons. The first-order valence-corrected chi connectivity index (χ1v) is 8.04. The van der Waals surface area contributed by atoms with Crippen LogP contribution in [0.4, 0.5) is 0 Å². The fourth-order valence-corrected chi connectivity index (χ4v) is 3.59. The Balaban J connectivity index is 2.21. The molecule has 1 aliphatic rings. The molecule has 0 bridgehead atoms. The lowest BCUT2D eigenvalue weighted by Crippen LogP contribution is -2.21. The van der Waals surface area contributed by atoms with Crippen LogP contribution in [0.5, 0.6) is 11.5 Å². The summed E-state index contributed by atoms with van der Waals surface area (Å²) in [6, 6.07) is 11.9. The number of hydrogen-bond donors (Lipinski definition) is 1. The van der Waals surface area contributed by atoms with E-state index in [2.05, 4.69) is 15.9 Å². The number of ether oxygens (including phenoxy) is 1. The van der Waals surface area contributed by atoms with Crippen molar-refractivity contribution < 1.29 is 19.4 Å². The molecule has 0 fully saturated rings. The van der Waals surface area contributed by atoms with E-state index in [1.807, 2.05) is 0 Å². The van der Waals surface area contributed by atoms with Gasteiger partial charge in [-0.25, -0.2) is 0 Å². The van der Waals surface area contributed by atoms with Crippen LogP contribution in [0.25, 0.3) is 10.8 Å². The van der Waals surface area contributed by atoms with E-state index in [1.165, 1.54) is 7.11 Å². The molecular formula is C19H11BrO4. The van der Waals surface area contributed by atoms with Crippen molar-refractivity contribution in [3.63, 3.8) is 0 Å². The summed E-state index contributed by atoms with van der Waals surface area (Å²) in [5, 5.41) is 11.8. The Bertz CT molecular complexity index is 1050. The fraction of sp³-hybridized carbons (Fsp3) is 0.0526. The highest BCUT2D eigenvalue weighted by Gasteiger charge is 2.35. The van der Waals surface area contributed by atoms with Crippen LogP contribution < -0.4 is 4.74 Å². The molecule has 0 heterocycles. The largest absolute Gasteiger partial charge is 0.504 e. The standard InChI is InChI=1S/C19H11BrO4/c1-24-19-12-7-6-9(20)8-13(12)14-15(18(19)23)17(22)11-5-3-2-4-10(11)16(14)21/h2-8,23H,1H3. The number of methoxy groups -OCH3 is 1. The van der Waals surface area contributed by atoms with Crippen LogP contribution in [-0.2, 0) is 0 Å². The van der Waals surface area contributed by atoms with E-state index in [-0.39, 0.29) is 34.2 Å². The second kappa shape index (κ2) is 5.18. The lowest BCUT2D eigenvalue weighted by Gasteiger charge is -2.22. The van der Waals surface area contributed by atoms with Gasteiger partial charge in [-0.05, 0) is 23.6 Å². The Morgan fingerprint density at radius 2 is 1.54 bits per heavy atom. The second-order valence-corrected chi connectivity index (χ2v) is 6.44. The van der Waals surface area contributed by atoms with Gasteiger partial charge in [-0.2, -0.15) is 0 Å². The highest BCUT2D eigenvalue weighted by atomic mass is 79.9. The molecule has 3 aromatic rings. The summed E-state index contributed by atoms with van der Waals surface area (Å²) in [6.07, 6.45) is 0. The van der Waals surface area contributed by atoms with E-state index < -0.39 is 0 Å². The zero-order chi connectivity index (χ0) is 17.0. The van der Waals surface area contributed by atoms with Gasteiger partial charge in [0, 0.05) is 26.5 Å². The van der Waals surface area contributed by atoms with Gasteiger partial charge in [-0.1, -0.05) is 40.2 Å². The van der Waals surface area contributed by atoms with Crippen molar-refractivity contribution in [1.82, 2.24) is 0 Å². The number of hydrogen-bond acceptors (Lipinski definition) is 4. The van der Waals surface area contributed by atoms with Gasteiger partial charge >= 0.3 is 0 Å². The van der Waals surface area contributed by atoms with Crippen LogP contribution in [0, 0.1) is 0 Å². The molecule has 0 amide bonds. The van der Waals surface area contributed by atoms with E-state index in [4.69, 9.17) is 4.74 Å². The summed E-state index contributed by atoms with van der Waals surface area (Å²) in [6.45, 7) is 0. The number of phenolic OH excluding ortho intramolecular Hbond substituents is 1. The van der Waals surface area contributed by atoms with Crippen molar-refractivity contribution in [3.8, 4) is 11.5 Å². The van der Waals surface area contributed by atoms with Gasteiger partial charge in [0.2, 0.25) is 0 Å². The summed E-state index contributed by atoms with van der Waals surface area (Å²) < 4.78 is 6.07. The maximum Gasteiger partial charge on any atom is 0.198 e. The van der Waals surface area contributed by atoms with Crippen molar-refractivity contribution in [3.05, 3.63) is 69.2 Å². The lowest BCUT2D eigenvalue weighted by atomic mass is 9.81. The molecule has 0 atom stereocenters. The molecule has 0 saturated heterocycles. The van der Waals surface area contributed by atoms with E-state index >= 15 is 0 Å². The topological polar surface area (TPSA) is 63.6 Å². The molecule has 5 heteroatoms.